The van der Waals surface area contributed by atoms with Crippen molar-refractivity contribution in [3.8, 4) is 0 Å². The lowest BCUT2D eigenvalue weighted by atomic mass is 10.2. The van der Waals surface area contributed by atoms with Gasteiger partial charge < -0.3 is 4.98 Å². The quantitative estimate of drug-likeness (QED) is 0.538. The van der Waals surface area contributed by atoms with Gasteiger partial charge in [0, 0.05) is 17.0 Å². The summed E-state index contributed by atoms with van der Waals surface area (Å²) in [6.45, 7) is 0. The molecular formula is C8H5N. The lowest BCUT2D eigenvalue weighted by Gasteiger charge is -1.80. The molecule has 0 saturated heterocycles. The van der Waals surface area contributed by atoms with Crippen LogP contribution in [0.25, 0.3) is 10.8 Å². The van der Waals surface area contributed by atoms with Gasteiger partial charge in [-0.2, -0.15) is 0 Å². The average Bonchev–Trinajstić information content (AvgIpc) is 2.33. The fourth-order valence-electron chi connectivity index (χ4n) is 0.864. The van der Waals surface area contributed by atoms with Gasteiger partial charge in [-0.05, 0) is 6.07 Å². The highest BCUT2D eigenvalue weighted by Gasteiger charge is 1.88. The molecule has 0 unspecified atom stereocenters. The van der Waals surface area contributed by atoms with Crippen LogP contribution in [-0.4, -0.2) is 4.98 Å². The van der Waals surface area contributed by atoms with E-state index in [1.54, 1.807) is 0 Å². The largest absolute Gasteiger partial charge is 0.359 e. The molecule has 1 aromatic heterocycles. The van der Waals surface area contributed by atoms with Crippen molar-refractivity contribution in [3.05, 3.63) is 36.7 Å². The first-order valence-electron chi connectivity index (χ1n) is 2.82. The molecule has 0 aliphatic rings. The van der Waals surface area contributed by atoms with Crippen LogP contribution in [0.15, 0.2) is 24.4 Å². The van der Waals surface area contributed by atoms with Crippen molar-refractivity contribution >= 4 is 10.8 Å². The number of fused-ring (bicyclic) bond motifs is 1. The molecule has 1 heteroatoms. The minimum Gasteiger partial charge on any atom is -0.359 e. The summed E-state index contributed by atoms with van der Waals surface area (Å²) in [5.41, 5.74) is 0. The van der Waals surface area contributed by atoms with Gasteiger partial charge in [-0.15, -0.1) is 0 Å². The van der Waals surface area contributed by atoms with Crippen LogP contribution in [0.4, 0.5) is 0 Å². The normalized spacial score (nSPS) is 10.2. The molecule has 9 heavy (non-hydrogen) atoms. The Bertz CT molecular complexity index is 279. The highest BCUT2D eigenvalue weighted by molar-refractivity contribution is 5.80. The molecule has 42 valence electrons. The summed E-state index contributed by atoms with van der Waals surface area (Å²) in [7, 11) is 0. The molecule has 2 rings (SSSR count). The Labute approximate surface area is 53.3 Å². The second kappa shape index (κ2) is 1.62. The maximum atomic E-state index is 3.04. The van der Waals surface area contributed by atoms with E-state index in [0.717, 1.165) is 10.8 Å². The standard InChI is InChI=1S/C8H5N/c1-2-4-8-6-9-5-7(8)3-1/h1-3,5,9H. The molecule has 0 spiro atoms. The Morgan fingerprint density at radius 3 is 3.33 bits per heavy atom. The number of aromatic amines is 1. The van der Waals surface area contributed by atoms with Crippen molar-refractivity contribution in [1.29, 1.82) is 0 Å². The van der Waals surface area contributed by atoms with Crippen molar-refractivity contribution in [1.82, 2.24) is 4.98 Å². The van der Waals surface area contributed by atoms with Crippen molar-refractivity contribution in [3.63, 3.8) is 0 Å². The minimum atomic E-state index is 1.03. The molecule has 0 saturated carbocycles. The number of benzene rings is 1. The van der Waals surface area contributed by atoms with Gasteiger partial charge in [0.2, 0.25) is 0 Å². The lowest BCUT2D eigenvalue weighted by molar-refractivity contribution is 1.41. The SMILES string of the molecule is [c]1cccc2c[nH][c]c12. The van der Waals surface area contributed by atoms with Gasteiger partial charge in [0.25, 0.3) is 0 Å². The maximum Gasteiger partial charge on any atom is 0.0712 e. The van der Waals surface area contributed by atoms with Gasteiger partial charge in [-0.25, -0.2) is 0 Å². The van der Waals surface area contributed by atoms with Crippen LogP contribution in [0.5, 0.6) is 0 Å². The third-order valence-electron chi connectivity index (χ3n) is 1.31. The van der Waals surface area contributed by atoms with Crippen LogP contribution < -0.4 is 0 Å². The van der Waals surface area contributed by atoms with E-state index >= 15 is 0 Å². The van der Waals surface area contributed by atoms with E-state index in [1.807, 2.05) is 24.4 Å². The molecule has 1 nitrogen and oxygen atoms in total. The van der Waals surface area contributed by atoms with E-state index in [-0.39, 0.29) is 0 Å². The predicted octanol–water partition coefficient (Wildman–Crippen LogP) is 1.77. The number of aromatic nitrogens is 1. The second-order valence-corrected chi connectivity index (χ2v) is 1.91. The molecule has 1 heterocycles. The van der Waals surface area contributed by atoms with Crippen LogP contribution in [0, 0.1) is 12.3 Å². The average molecular weight is 115 g/mol. The van der Waals surface area contributed by atoms with E-state index in [2.05, 4.69) is 17.2 Å². The molecule has 0 bridgehead atoms. The molecule has 2 aromatic rings. The Kier molecular flexibility index (Phi) is 0.833. The number of nitrogens with one attached hydrogen (secondary N) is 1. The Balaban J connectivity index is 2.95. The van der Waals surface area contributed by atoms with Crippen molar-refractivity contribution < 1.29 is 0 Å². The zero-order valence-electron chi connectivity index (χ0n) is 4.81. The zero-order valence-corrected chi connectivity index (χ0v) is 4.81. The molecule has 1 aromatic carbocycles. The van der Waals surface area contributed by atoms with E-state index in [9.17, 15) is 0 Å². The first-order chi connectivity index (χ1) is 4.47. The molecule has 0 amide bonds. The van der Waals surface area contributed by atoms with Crippen LogP contribution >= 0.6 is 0 Å². The second-order valence-electron chi connectivity index (χ2n) is 1.91. The summed E-state index contributed by atoms with van der Waals surface area (Å²) < 4.78 is 0. The summed E-state index contributed by atoms with van der Waals surface area (Å²) in [6.07, 6.45) is 4.85. The van der Waals surface area contributed by atoms with E-state index in [4.69, 9.17) is 0 Å². The van der Waals surface area contributed by atoms with E-state index in [0.29, 0.717) is 0 Å². The Morgan fingerprint density at radius 1 is 1.44 bits per heavy atom. The van der Waals surface area contributed by atoms with E-state index < -0.39 is 0 Å². The van der Waals surface area contributed by atoms with Crippen molar-refractivity contribution in [2.24, 2.45) is 0 Å². The fraction of sp³-hybridized carbons (Fsp3) is 0. The first kappa shape index (κ1) is 4.62. The third kappa shape index (κ3) is 0.617. The summed E-state index contributed by atoms with van der Waals surface area (Å²) in [4.78, 5) is 2.88. The van der Waals surface area contributed by atoms with Gasteiger partial charge in [0.05, 0.1) is 6.20 Å². The lowest BCUT2D eigenvalue weighted by Crippen LogP contribution is -1.59. The monoisotopic (exact) mass is 115 g/mol. The van der Waals surface area contributed by atoms with Crippen LogP contribution in [0.1, 0.15) is 0 Å². The molecule has 0 aliphatic heterocycles. The topological polar surface area (TPSA) is 15.8 Å². The van der Waals surface area contributed by atoms with Gasteiger partial charge in [-0.1, -0.05) is 18.2 Å². The molecular weight excluding hydrogens is 110 g/mol. The van der Waals surface area contributed by atoms with Gasteiger partial charge >= 0.3 is 0 Å². The minimum absolute atomic E-state index is 1.03. The number of rotatable bonds is 0. The summed E-state index contributed by atoms with van der Waals surface area (Å²) in [5, 5.41) is 2.19. The highest BCUT2D eigenvalue weighted by Crippen LogP contribution is 2.08. The summed E-state index contributed by atoms with van der Waals surface area (Å²) in [5.74, 6) is 0. The van der Waals surface area contributed by atoms with E-state index in [1.165, 1.54) is 0 Å². The fourth-order valence-corrected chi connectivity index (χ4v) is 0.864. The molecule has 1 N–H and O–H groups in total. The number of hydrogen-bond donors (Lipinski definition) is 1. The molecule has 0 fully saturated rings. The van der Waals surface area contributed by atoms with Crippen LogP contribution in [-0.2, 0) is 0 Å². The van der Waals surface area contributed by atoms with Gasteiger partial charge in [0.1, 0.15) is 0 Å². The summed E-state index contributed by atoms with van der Waals surface area (Å²) >= 11 is 0. The Hall–Kier alpha value is -1.24. The number of H-pyrrole nitrogens is 1. The molecule has 0 atom stereocenters. The van der Waals surface area contributed by atoms with Gasteiger partial charge in [-0.3, -0.25) is 0 Å². The van der Waals surface area contributed by atoms with Crippen molar-refractivity contribution in [2.45, 2.75) is 0 Å². The maximum absolute atomic E-state index is 3.04. The molecule has 0 aliphatic carbocycles. The predicted molar refractivity (Wildman–Crippen MR) is 36.0 cm³/mol. The summed E-state index contributed by atoms with van der Waals surface area (Å²) in [6, 6.07) is 8.91. The number of hydrogen-bond acceptors (Lipinski definition) is 0. The zero-order chi connectivity index (χ0) is 6.10. The van der Waals surface area contributed by atoms with Crippen molar-refractivity contribution in [2.75, 3.05) is 0 Å². The van der Waals surface area contributed by atoms with Crippen LogP contribution in [0.3, 0.4) is 0 Å². The Morgan fingerprint density at radius 2 is 2.44 bits per heavy atom. The van der Waals surface area contributed by atoms with Gasteiger partial charge in [0.15, 0.2) is 0 Å². The smallest absolute Gasteiger partial charge is 0.0712 e. The molecule has 2 radical (unpaired) electrons. The first-order valence-corrected chi connectivity index (χ1v) is 2.82. The van der Waals surface area contributed by atoms with Crippen LogP contribution in [0.2, 0.25) is 0 Å². The highest BCUT2D eigenvalue weighted by atomic mass is 14.6. The third-order valence-corrected chi connectivity index (χ3v) is 1.31.